The zero-order valence-corrected chi connectivity index (χ0v) is 25.5. The van der Waals surface area contributed by atoms with Crippen molar-refractivity contribution >= 4 is 45.4 Å². The number of esters is 1. The maximum absolute atomic E-state index is 12.7. The Kier molecular flexibility index (Phi) is 11.0. The van der Waals surface area contributed by atoms with Crippen LogP contribution in [0.2, 0.25) is 5.02 Å². The van der Waals surface area contributed by atoms with Crippen LogP contribution in [-0.4, -0.2) is 39.7 Å². The standard InChI is InChI=1S/C32H30ClN3O7S/c1-3-19-42-27-14-8-24(9-15-27)32(38)43-29-18-5-22(20-30(29)41-4-2)21-34-35-31(37)23-6-12-26(13-7-23)36-44(39,40)28-16-10-25(33)11-17-28/h5-18,20-21,36H,3-4,19H2,1-2H3,(H,35,37). The highest BCUT2D eigenvalue weighted by Crippen LogP contribution is 2.29. The topological polar surface area (TPSA) is 132 Å². The fraction of sp³-hybridized carbons (Fsp3) is 0.156. The maximum Gasteiger partial charge on any atom is 0.343 e. The van der Waals surface area contributed by atoms with E-state index in [4.69, 9.17) is 25.8 Å². The molecule has 228 valence electrons. The summed E-state index contributed by atoms with van der Waals surface area (Å²) in [6.07, 6.45) is 2.29. The van der Waals surface area contributed by atoms with Crippen LogP contribution in [0.25, 0.3) is 0 Å². The van der Waals surface area contributed by atoms with Crippen LogP contribution in [0.15, 0.2) is 101 Å². The van der Waals surface area contributed by atoms with Crippen molar-refractivity contribution in [3.63, 3.8) is 0 Å². The van der Waals surface area contributed by atoms with Gasteiger partial charge in [-0.05, 0) is 110 Å². The van der Waals surface area contributed by atoms with E-state index >= 15 is 0 Å². The molecule has 4 aromatic rings. The van der Waals surface area contributed by atoms with E-state index < -0.39 is 21.9 Å². The second-order valence-electron chi connectivity index (χ2n) is 9.24. The van der Waals surface area contributed by atoms with E-state index in [1.54, 1.807) is 49.4 Å². The molecule has 0 fully saturated rings. The van der Waals surface area contributed by atoms with E-state index in [9.17, 15) is 18.0 Å². The van der Waals surface area contributed by atoms with Gasteiger partial charge in [-0.1, -0.05) is 18.5 Å². The third kappa shape index (κ3) is 8.82. The van der Waals surface area contributed by atoms with E-state index in [1.807, 2.05) is 6.92 Å². The molecule has 0 bridgehead atoms. The van der Waals surface area contributed by atoms with Crippen molar-refractivity contribution in [3.8, 4) is 17.2 Å². The van der Waals surface area contributed by atoms with Gasteiger partial charge in [0.05, 0.1) is 29.9 Å². The van der Waals surface area contributed by atoms with Crippen molar-refractivity contribution in [3.05, 3.63) is 113 Å². The number of rotatable bonds is 13. The molecular formula is C32H30ClN3O7S. The molecule has 0 radical (unpaired) electrons. The number of carbonyl (C=O) groups excluding carboxylic acids is 2. The van der Waals surface area contributed by atoms with Crippen LogP contribution >= 0.6 is 11.6 Å². The lowest BCUT2D eigenvalue weighted by Crippen LogP contribution is -2.18. The summed E-state index contributed by atoms with van der Waals surface area (Å²) >= 11 is 5.83. The molecule has 4 rings (SSSR count). The lowest BCUT2D eigenvalue weighted by atomic mass is 10.2. The monoisotopic (exact) mass is 635 g/mol. The Hall–Kier alpha value is -4.87. The molecule has 0 atom stereocenters. The number of ether oxygens (including phenoxy) is 3. The fourth-order valence-corrected chi connectivity index (χ4v) is 4.96. The van der Waals surface area contributed by atoms with E-state index in [1.165, 1.54) is 54.7 Å². The van der Waals surface area contributed by atoms with Gasteiger partial charge in [-0.3, -0.25) is 9.52 Å². The van der Waals surface area contributed by atoms with Gasteiger partial charge in [-0.15, -0.1) is 0 Å². The molecule has 0 aliphatic heterocycles. The summed E-state index contributed by atoms with van der Waals surface area (Å²) in [5.74, 6) is 0.177. The number of anilines is 1. The Morgan fingerprint density at radius 1 is 0.841 bits per heavy atom. The van der Waals surface area contributed by atoms with Crippen LogP contribution in [-0.2, 0) is 10.0 Å². The summed E-state index contributed by atoms with van der Waals surface area (Å²) < 4.78 is 44.3. The molecule has 0 saturated heterocycles. The number of sulfonamides is 1. The van der Waals surface area contributed by atoms with Crippen LogP contribution < -0.4 is 24.4 Å². The molecule has 2 N–H and O–H groups in total. The molecule has 0 aliphatic rings. The number of hydrogen-bond donors (Lipinski definition) is 2. The Bertz CT molecular complexity index is 1730. The highest BCUT2D eigenvalue weighted by molar-refractivity contribution is 7.92. The SMILES string of the molecule is CCCOc1ccc(C(=O)Oc2ccc(C=NNC(=O)c3ccc(NS(=O)(=O)c4ccc(Cl)cc4)cc3)cc2OCC)cc1. The number of nitrogens with one attached hydrogen (secondary N) is 2. The first-order valence-corrected chi connectivity index (χ1v) is 15.5. The highest BCUT2D eigenvalue weighted by atomic mass is 35.5. The molecule has 10 nitrogen and oxygen atoms in total. The summed E-state index contributed by atoms with van der Waals surface area (Å²) in [6.45, 7) is 4.73. The van der Waals surface area contributed by atoms with Crippen LogP contribution in [0.4, 0.5) is 5.69 Å². The second-order valence-corrected chi connectivity index (χ2v) is 11.4. The quantitative estimate of drug-likeness (QED) is 0.0761. The molecular weight excluding hydrogens is 606 g/mol. The minimum absolute atomic E-state index is 0.0553. The van der Waals surface area contributed by atoms with Crippen LogP contribution in [0.5, 0.6) is 17.2 Å². The predicted octanol–water partition coefficient (Wildman–Crippen LogP) is 6.31. The molecule has 0 unspecified atom stereocenters. The molecule has 0 saturated carbocycles. The smallest absolute Gasteiger partial charge is 0.343 e. The van der Waals surface area contributed by atoms with Crippen molar-refractivity contribution in [2.45, 2.75) is 25.2 Å². The lowest BCUT2D eigenvalue weighted by Gasteiger charge is -2.12. The number of benzene rings is 4. The summed E-state index contributed by atoms with van der Waals surface area (Å²) in [7, 11) is -3.82. The van der Waals surface area contributed by atoms with Gasteiger partial charge in [0.15, 0.2) is 11.5 Å². The van der Waals surface area contributed by atoms with Gasteiger partial charge in [0.25, 0.3) is 15.9 Å². The summed E-state index contributed by atoms with van der Waals surface area (Å²) in [4.78, 5) is 25.3. The summed E-state index contributed by atoms with van der Waals surface area (Å²) in [5.41, 5.74) is 3.91. The zero-order chi connectivity index (χ0) is 31.5. The molecule has 4 aromatic carbocycles. The van der Waals surface area contributed by atoms with Gasteiger partial charge in [0, 0.05) is 16.3 Å². The first-order valence-electron chi connectivity index (χ1n) is 13.6. The van der Waals surface area contributed by atoms with E-state index in [0.29, 0.717) is 40.9 Å². The molecule has 0 heterocycles. The van der Waals surface area contributed by atoms with E-state index in [0.717, 1.165) is 6.42 Å². The van der Waals surface area contributed by atoms with Crippen molar-refractivity contribution in [2.24, 2.45) is 5.10 Å². The first kappa shape index (κ1) is 32.1. The highest BCUT2D eigenvalue weighted by Gasteiger charge is 2.15. The molecule has 1 amide bonds. The first-order chi connectivity index (χ1) is 21.2. The normalized spacial score (nSPS) is 11.2. The molecule has 0 aromatic heterocycles. The number of hydrogen-bond acceptors (Lipinski definition) is 8. The molecule has 44 heavy (non-hydrogen) atoms. The molecule has 12 heteroatoms. The minimum atomic E-state index is -3.82. The Balaban J connectivity index is 1.35. The van der Waals surface area contributed by atoms with Crippen molar-refractivity contribution < 1.29 is 32.2 Å². The van der Waals surface area contributed by atoms with Gasteiger partial charge in [-0.2, -0.15) is 5.10 Å². The molecule has 0 spiro atoms. The second kappa shape index (κ2) is 15.0. The van der Waals surface area contributed by atoms with Gasteiger partial charge < -0.3 is 14.2 Å². The van der Waals surface area contributed by atoms with Gasteiger partial charge in [0.1, 0.15) is 5.75 Å². The minimum Gasteiger partial charge on any atom is -0.494 e. The third-order valence-corrected chi connectivity index (χ3v) is 7.59. The number of carbonyl (C=O) groups is 2. The fourth-order valence-electron chi connectivity index (χ4n) is 3.77. The lowest BCUT2D eigenvalue weighted by molar-refractivity contribution is 0.0728. The van der Waals surface area contributed by atoms with Gasteiger partial charge >= 0.3 is 5.97 Å². The zero-order valence-electron chi connectivity index (χ0n) is 24.0. The predicted molar refractivity (Wildman–Crippen MR) is 169 cm³/mol. The van der Waals surface area contributed by atoms with Crippen LogP contribution in [0.3, 0.4) is 0 Å². The van der Waals surface area contributed by atoms with E-state index in [-0.39, 0.29) is 21.9 Å². The third-order valence-electron chi connectivity index (χ3n) is 5.94. The Labute approximate surface area is 260 Å². The van der Waals surface area contributed by atoms with Crippen molar-refractivity contribution in [1.29, 1.82) is 0 Å². The van der Waals surface area contributed by atoms with E-state index in [2.05, 4.69) is 15.2 Å². The largest absolute Gasteiger partial charge is 0.494 e. The number of amides is 1. The summed E-state index contributed by atoms with van der Waals surface area (Å²) in [5, 5.41) is 4.42. The van der Waals surface area contributed by atoms with Gasteiger partial charge in [0.2, 0.25) is 0 Å². The average Bonchev–Trinajstić information content (AvgIpc) is 3.02. The maximum atomic E-state index is 12.7. The van der Waals surface area contributed by atoms with Gasteiger partial charge in [-0.25, -0.2) is 18.6 Å². The van der Waals surface area contributed by atoms with Crippen molar-refractivity contribution in [2.75, 3.05) is 17.9 Å². The van der Waals surface area contributed by atoms with Crippen molar-refractivity contribution in [1.82, 2.24) is 5.43 Å². The molecule has 0 aliphatic carbocycles. The average molecular weight is 636 g/mol. The Morgan fingerprint density at radius 2 is 1.52 bits per heavy atom. The number of halogens is 1. The Morgan fingerprint density at radius 3 is 2.18 bits per heavy atom. The van der Waals surface area contributed by atoms with Crippen LogP contribution in [0.1, 0.15) is 46.5 Å². The number of hydrazone groups is 1. The van der Waals surface area contributed by atoms with Crippen LogP contribution in [0, 0.1) is 0 Å². The summed E-state index contributed by atoms with van der Waals surface area (Å²) in [6, 6.07) is 23.2. The number of nitrogens with zero attached hydrogens (tertiary/aromatic N) is 1.